The fourth-order valence-corrected chi connectivity index (χ4v) is 2.45. The van der Waals surface area contributed by atoms with Crippen molar-refractivity contribution in [1.82, 2.24) is 4.98 Å². The fraction of sp³-hybridized carbons (Fsp3) is 0.118. The molecule has 106 valence electrons. The van der Waals surface area contributed by atoms with Crippen molar-refractivity contribution in [2.45, 2.75) is 6.92 Å². The number of carbonyl (C=O) groups is 1. The molecule has 1 aromatic heterocycles. The van der Waals surface area contributed by atoms with Crippen LogP contribution in [-0.2, 0) is 4.74 Å². The zero-order valence-electron chi connectivity index (χ0n) is 11.7. The van der Waals surface area contributed by atoms with Crippen molar-refractivity contribution in [3.05, 3.63) is 59.5 Å². The molecule has 0 amide bonds. The minimum Gasteiger partial charge on any atom is -0.464 e. The standard InChI is InChI=1S/C17H14FNO2/c1-10-14-9-12(11-3-6-13(18)7-4-11)5-8-15(14)19-16(10)17(20)21-2/h3-9,19H,1-2H3. The lowest BCUT2D eigenvalue weighted by Crippen LogP contribution is -2.02. The molecule has 0 atom stereocenters. The first-order valence-electron chi connectivity index (χ1n) is 6.56. The number of aromatic nitrogens is 1. The van der Waals surface area contributed by atoms with Gasteiger partial charge in [0.05, 0.1) is 7.11 Å². The quantitative estimate of drug-likeness (QED) is 0.720. The first-order valence-corrected chi connectivity index (χ1v) is 6.56. The van der Waals surface area contributed by atoms with E-state index in [4.69, 9.17) is 4.74 Å². The highest BCUT2D eigenvalue weighted by Gasteiger charge is 2.15. The van der Waals surface area contributed by atoms with E-state index in [1.807, 2.05) is 25.1 Å². The van der Waals surface area contributed by atoms with Gasteiger partial charge in [-0.25, -0.2) is 9.18 Å². The van der Waals surface area contributed by atoms with Crippen LogP contribution < -0.4 is 0 Å². The molecule has 0 aliphatic carbocycles. The number of rotatable bonds is 2. The predicted molar refractivity (Wildman–Crippen MR) is 79.8 cm³/mol. The maximum atomic E-state index is 13.0. The number of H-pyrrole nitrogens is 1. The van der Waals surface area contributed by atoms with Gasteiger partial charge in [-0.3, -0.25) is 0 Å². The number of hydrogen-bond acceptors (Lipinski definition) is 2. The summed E-state index contributed by atoms with van der Waals surface area (Å²) in [5.41, 5.74) is 4.09. The highest BCUT2D eigenvalue weighted by molar-refractivity contribution is 5.99. The van der Waals surface area contributed by atoms with Crippen LogP contribution in [0.2, 0.25) is 0 Å². The van der Waals surface area contributed by atoms with E-state index in [2.05, 4.69) is 4.98 Å². The van der Waals surface area contributed by atoms with E-state index in [0.717, 1.165) is 27.6 Å². The number of hydrogen-bond donors (Lipinski definition) is 1. The summed E-state index contributed by atoms with van der Waals surface area (Å²) >= 11 is 0. The minimum atomic E-state index is -0.382. The van der Waals surface area contributed by atoms with E-state index >= 15 is 0 Å². The highest BCUT2D eigenvalue weighted by atomic mass is 19.1. The monoisotopic (exact) mass is 283 g/mol. The summed E-state index contributed by atoms with van der Waals surface area (Å²) in [7, 11) is 1.36. The lowest BCUT2D eigenvalue weighted by molar-refractivity contribution is 0.0594. The van der Waals surface area contributed by atoms with Crippen LogP contribution in [-0.4, -0.2) is 18.1 Å². The van der Waals surface area contributed by atoms with Crippen molar-refractivity contribution in [2.24, 2.45) is 0 Å². The van der Waals surface area contributed by atoms with Crippen molar-refractivity contribution < 1.29 is 13.9 Å². The maximum absolute atomic E-state index is 13.0. The predicted octanol–water partition coefficient (Wildman–Crippen LogP) is 4.07. The van der Waals surface area contributed by atoms with E-state index in [1.54, 1.807) is 12.1 Å². The Hall–Kier alpha value is -2.62. The van der Waals surface area contributed by atoms with Crippen LogP contribution in [0.4, 0.5) is 4.39 Å². The third-order valence-corrected chi connectivity index (χ3v) is 3.63. The molecule has 0 radical (unpaired) electrons. The van der Waals surface area contributed by atoms with Crippen LogP contribution in [0, 0.1) is 12.7 Å². The molecular formula is C17H14FNO2. The molecule has 0 saturated carbocycles. The van der Waals surface area contributed by atoms with Crippen LogP contribution in [0.3, 0.4) is 0 Å². The van der Waals surface area contributed by atoms with Gasteiger partial charge in [0, 0.05) is 10.9 Å². The summed E-state index contributed by atoms with van der Waals surface area (Å²) in [4.78, 5) is 14.8. The van der Waals surface area contributed by atoms with Gasteiger partial charge in [0.2, 0.25) is 0 Å². The van der Waals surface area contributed by atoms with Crippen LogP contribution >= 0.6 is 0 Å². The van der Waals surface area contributed by atoms with Crippen molar-refractivity contribution >= 4 is 16.9 Å². The Morgan fingerprint density at radius 1 is 1.10 bits per heavy atom. The Balaban J connectivity index is 2.13. The second-order valence-corrected chi connectivity index (χ2v) is 4.88. The number of carbonyl (C=O) groups excluding carboxylic acids is 1. The number of aromatic amines is 1. The number of ether oxygens (including phenoxy) is 1. The summed E-state index contributed by atoms with van der Waals surface area (Å²) in [5.74, 6) is -0.641. The highest BCUT2D eigenvalue weighted by Crippen LogP contribution is 2.28. The van der Waals surface area contributed by atoms with Crippen molar-refractivity contribution in [3.63, 3.8) is 0 Å². The number of methoxy groups -OCH3 is 1. The van der Waals surface area contributed by atoms with Crippen LogP contribution in [0.25, 0.3) is 22.0 Å². The molecule has 4 heteroatoms. The molecule has 3 rings (SSSR count). The van der Waals surface area contributed by atoms with Crippen molar-refractivity contribution in [2.75, 3.05) is 7.11 Å². The minimum absolute atomic E-state index is 0.259. The van der Waals surface area contributed by atoms with E-state index in [9.17, 15) is 9.18 Å². The number of aryl methyl sites for hydroxylation is 1. The summed E-state index contributed by atoms with van der Waals surface area (Å²) in [6.45, 7) is 1.87. The van der Waals surface area contributed by atoms with Gasteiger partial charge in [-0.2, -0.15) is 0 Å². The second-order valence-electron chi connectivity index (χ2n) is 4.88. The molecule has 1 heterocycles. The summed E-state index contributed by atoms with van der Waals surface area (Å²) in [6.07, 6.45) is 0. The van der Waals surface area contributed by atoms with E-state index < -0.39 is 0 Å². The van der Waals surface area contributed by atoms with E-state index in [0.29, 0.717) is 5.69 Å². The molecule has 0 aliphatic rings. The van der Waals surface area contributed by atoms with Crippen LogP contribution in [0.5, 0.6) is 0 Å². The molecule has 0 bridgehead atoms. The molecule has 0 unspecified atom stereocenters. The number of halogens is 1. The number of fused-ring (bicyclic) bond motifs is 1. The molecule has 0 fully saturated rings. The molecule has 0 aliphatic heterocycles. The molecule has 1 N–H and O–H groups in total. The van der Waals surface area contributed by atoms with Gasteiger partial charge in [-0.05, 0) is 47.9 Å². The Morgan fingerprint density at radius 2 is 1.76 bits per heavy atom. The van der Waals surface area contributed by atoms with E-state index in [1.165, 1.54) is 19.2 Å². The Labute approximate surface area is 121 Å². The first-order chi connectivity index (χ1) is 10.1. The zero-order valence-corrected chi connectivity index (χ0v) is 11.7. The Morgan fingerprint density at radius 3 is 2.43 bits per heavy atom. The fourth-order valence-electron chi connectivity index (χ4n) is 2.45. The average Bonchev–Trinajstić information content (AvgIpc) is 2.84. The molecule has 0 saturated heterocycles. The summed E-state index contributed by atoms with van der Waals surface area (Å²) in [6, 6.07) is 12.2. The second kappa shape index (κ2) is 5.05. The van der Waals surface area contributed by atoms with Crippen molar-refractivity contribution in [1.29, 1.82) is 0 Å². The number of esters is 1. The Kier molecular flexibility index (Phi) is 3.22. The largest absolute Gasteiger partial charge is 0.464 e. The van der Waals surface area contributed by atoms with E-state index in [-0.39, 0.29) is 11.8 Å². The van der Waals surface area contributed by atoms with Gasteiger partial charge in [0.1, 0.15) is 11.5 Å². The lowest BCUT2D eigenvalue weighted by atomic mass is 10.0. The summed E-state index contributed by atoms with van der Waals surface area (Å²) in [5, 5.41) is 0.956. The van der Waals surface area contributed by atoms with Gasteiger partial charge in [0.25, 0.3) is 0 Å². The SMILES string of the molecule is COC(=O)c1[nH]c2ccc(-c3ccc(F)cc3)cc2c1C. The topological polar surface area (TPSA) is 42.1 Å². The normalized spacial score (nSPS) is 10.8. The maximum Gasteiger partial charge on any atom is 0.354 e. The van der Waals surface area contributed by atoms with Crippen LogP contribution in [0.15, 0.2) is 42.5 Å². The van der Waals surface area contributed by atoms with Crippen LogP contribution in [0.1, 0.15) is 16.1 Å². The molecule has 3 aromatic rings. The van der Waals surface area contributed by atoms with Gasteiger partial charge >= 0.3 is 5.97 Å². The molecule has 2 aromatic carbocycles. The third-order valence-electron chi connectivity index (χ3n) is 3.63. The van der Waals surface area contributed by atoms with Gasteiger partial charge in [-0.1, -0.05) is 18.2 Å². The lowest BCUT2D eigenvalue weighted by Gasteiger charge is -2.02. The molecular weight excluding hydrogens is 269 g/mol. The van der Waals surface area contributed by atoms with Gasteiger partial charge in [0.15, 0.2) is 0 Å². The van der Waals surface area contributed by atoms with Gasteiger partial charge in [-0.15, -0.1) is 0 Å². The molecule has 3 nitrogen and oxygen atoms in total. The first kappa shape index (κ1) is 13.4. The number of benzene rings is 2. The number of nitrogens with one attached hydrogen (secondary N) is 1. The third kappa shape index (κ3) is 2.29. The average molecular weight is 283 g/mol. The van der Waals surface area contributed by atoms with Crippen molar-refractivity contribution in [3.8, 4) is 11.1 Å². The summed E-state index contributed by atoms with van der Waals surface area (Å²) < 4.78 is 17.8. The van der Waals surface area contributed by atoms with Gasteiger partial charge < -0.3 is 9.72 Å². The smallest absolute Gasteiger partial charge is 0.354 e. The molecule has 0 spiro atoms. The Bertz CT molecular complexity index is 819. The zero-order chi connectivity index (χ0) is 15.0. The molecule has 21 heavy (non-hydrogen) atoms.